The van der Waals surface area contributed by atoms with Gasteiger partial charge in [0.2, 0.25) is 6.10 Å². The van der Waals surface area contributed by atoms with Crippen LogP contribution in [0.25, 0.3) is 0 Å². The number of anilines is 1. The van der Waals surface area contributed by atoms with Crippen molar-refractivity contribution in [3.05, 3.63) is 105 Å². The number of amides is 3. The Labute approximate surface area is 205 Å². The topological polar surface area (TPSA) is 136 Å². The zero-order valence-electron chi connectivity index (χ0n) is 19.3. The summed E-state index contributed by atoms with van der Waals surface area (Å²) in [5.41, 5.74) is 0.882. The maximum atomic E-state index is 13.2. The Balaban J connectivity index is 1.59. The number of hydrogen-bond donors (Lipinski definition) is 1. The minimum absolute atomic E-state index is 0.0685. The van der Waals surface area contributed by atoms with E-state index in [1.165, 1.54) is 31.2 Å². The zero-order chi connectivity index (χ0) is 26.0. The molecule has 0 saturated carbocycles. The van der Waals surface area contributed by atoms with Gasteiger partial charge in [0, 0.05) is 11.6 Å². The van der Waals surface area contributed by atoms with Crippen LogP contribution in [0.2, 0.25) is 0 Å². The Bertz CT molecular complexity index is 1350. The average Bonchev–Trinajstić information content (AvgIpc) is 3.13. The first kappa shape index (κ1) is 24.3. The fourth-order valence-electron chi connectivity index (χ4n) is 3.88. The van der Waals surface area contributed by atoms with E-state index < -0.39 is 40.8 Å². The van der Waals surface area contributed by atoms with Gasteiger partial charge in [-0.05, 0) is 37.6 Å². The van der Waals surface area contributed by atoms with Crippen molar-refractivity contribution in [1.29, 1.82) is 0 Å². The van der Waals surface area contributed by atoms with Gasteiger partial charge in [-0.25, -0.2) is 4.79 Å². The molecule has 10 nitrogen and oxygen atoms in total. The molecule has 1 aliphatic heterocycles. The third-order valence-corrected chi connectivity index (χ3v) is 5.74. The van der Waals surface area contributed by atoms with Crippen LogP contribution >= 0.6 is 0 Å². The second-order valence-electron chi connectivity index (χ2n) is 8.20. The van der Waals surface area contributed by atoms with Gasteiger partial charge in [0.25, 0.3) is 23.4 Å². The quantitative estimate of drug-likeness (QED) is 0.232. The number of nitro benzene ring substituents is 1. The molecular weight excluding hydrogens is 466 g/mol. The van der Waals surface area contributed by atoms with Crippen LogP contribution < -0.4 is 5.32 Å². The van der Waals surface area contributed by atoms with E-state index in [4.69, 9.17) is 4.74 Å². The van der Waals surface area contributed by atoms with Crippen molar-refractivity contribution in [2.75, 3.05) is 5.32 Å². The summed E-state index contributed by atoms with van der Waals surface area (Å²) in [5, 5.41) is 13.9. The van der Waals surface area contributed by atoms with E-state index in [9.17, 15) is 29.3 Å². The van der Waals surface area contributed by atoms with E-state index in [0.29, 0.717) is 11.1 Å². The number of nitrogens with zero attached hydrogens (tertiary/aromatic N) is 2. The number of nitrogens with one attached hydrogen (secondary N) is 1. The summed E-state index contributed by atoms with van der Waals surface area (Å²) in [5.74, 6) is -3.12. The molecule has 0 bridgehead atoms. The van der Waals surface area contributed by atoms with E-state index in [0.717, 1.165) is 4.90 Å². The van der Waals surface area contributed by atoms with E-state index in [2.05, 4.69) is 5.32 Å². The van der Waals surface area contributed by atoms with Crippen molar-refractivity contribution in [2.45, 2.75) is 26.0 Å². The Hall–Kier alpha value is -4.86. The van der Waals surface area contributed by atoms with Crippen LogP contribution in [0.5, 0.6) is 0 Å². The molecule has 0 saturated heterocycles. The van der Waals surface area contributed by atoms with Crippen LogP contribution in [0.1, 0.15) is 44.9 Å². The highest BCUT2D eigenvalue weighted by Crippen LogP contribution is 2.29. The Morgan fingerprint density at radius 3 is 2.11 bits per heavy atom. The van der Waals surface area contributed by atoms with Gasteiger partial charge in [-0.15, -0.1) is 0 Å². The molecular formula is C26H21N3O7. The molecule has 182 valence electrons. The highest BCUT2D eigenvalue weighted by atomic mass is 16.6. The monoisotopic (exact) mass is 487 g/mol. The van der Waals surface area contributed by atoms with Gasteiger partial charge < -0.3 is 10.1 Å². The van der Waals surface area contributed by atoms with Crippen LogP contribution in [0.15, 0.2) is 72.8 Å². The lowest BCUT2D eigenvalue weighted by Gasteiger charge is -2.24. The Morgan fingerprint density at radius 1 is 0.944 bits per heavy atom. The van der Waals surface area contributed by atoms with E-state index in [-0.39, 0.29) is 22.5 Å². The van der Waals surface area contributed by atoms with E-state index in [1.54, 1.807) is 55.5 Å². The van der Waals surface area contributed by atoms with Crippen molar-refractivity contribution in [2.24, 2.45) is 0 Å². The molecule has 10 heteroatoms. The maximum absolute atomic E-state index is 13.2. The fraction of sp³-hybridized carbons (Fsp3) is 0.154. The molecule has 36 heavy (non-hydrogen) atoms. The van der Waals surface area contributed by atoms with Crippen molar-refractivity contribution in [3.63, 3.8) is 0 Å². The van der Waals surface area contributed by atoms with Crippen LogP contribution in [-0.2, 0) is 14.3 Å². The molecule has 0 aliphatic carbocycles. The highest BCUT2D eigenvalue weighted by molar-refractivity contribution is 6.22. The summed E-state index contributed by atoms with van der Waals surface area (Å²) in [6, 6.07) is 17.2. The lowest BCUT2D eigenvalue weighted by Crippen LogP contribution is -2.44. The number of rotatable bonds is 7. The molecule has 0 spiro atoms. The van der Waals surface area contributed by atoms with Crippen LogP contribution in [0, 0.1) is 17.0 Å². The number of ether oxygens (including phenoxy) is 1. The van der Waals surface area contributed by atoms with E-state index >= 15 is 0 Å². The van der Waals surface area contributed by atoms with Gasteiger partial charge in [-0.1, -0.05) is 48.5 Å². The first-order chi connectivity index (χ1) is 17.2. The number of carbonyl (C=O) groups is 4. The van der Waals surface area contributed by atoms with Crippen molar-refractivity contribution < 1.29 is 28.8 Å². The fourth-order valence-corrected chi connectivity index (χ4v) is 3.88. The Kier molecular flexibility index (Phi) is 6.60. The third kappa shape index (κ3) is 4.56. The molecule has 0 radical (unpaired) electrons. The third-order valence-electron chi connectivity index (χ3n) is 5.74. The molecule has 1 N–H and O–H groups in total. The number of imide groups is 1. The summed E-state index contributed by atoms with van der Waals surface area (Å²) in [6.07, 6.45) is -1.50. The lowest BCUT2D eigenvalue weighted by atomic mass is 10.1. The minimum Gasteiger partial charge on any atom is -0.446 e. The zero-order valence-corrected chi connectivity index (χ0v) is 19.3. The van der Waals surface area contributed by atoms with Crippen LogP contribution in [-0.4, -0.2) is 39.6 Å². The number of hydrogen-bond acceptors (Lipinski definition) is 7. The number of nitro groups is 1. The smallest absolute Gasteiger partial charge is 0.330 e. The van der Waals surface area contributed by atoms with Gasteiger partial charge >= 0.3 is 5.97 Å². The van der Waals surface area contributed by atoms with Crippen molar-refractivity contribution in [3.8, 4) is 0 Å². The summed E-state index contributed by atoms with van der Waals surface area (Å²) in [7, 11) is 0. The second kappa shape index (κ2) is 9.79. The van der Waals surface area contributed by atoms with Crippen molar-refractivity contribution >= 4 is 35.1 Å². The molecule has 0 unspecified atom stereocenters. The molecule has 3 aromatic carbocycles. The number of aryl methyl sites for hydroxylation is 1. The summed E-state index contributed by atoms with van der Waals surface area (Å²) >= 11 is 0. The van der Waals surface area contributed by atoms with Gasteiger partial charge in [0.15, 0.2) is 0 Å². The molecule has 3 aromatic rings. The highest BCUT2D eigenvalue weighted by Gasteiger charge is 2.42. The molecule has 2 atom stereocenters. The van der Waals surface area contributed by atoms with Gasteiger partial charge in [0.05, 0.1) is 16.1 Å². The van der Waals surface area contributed by atoms with E-state index in [1.807, 2.05) is 0 Å². The minimum atomic E-state index is -1.50. The number of fused-ring (bicyclic) bond motifs is 1. The predicted molar refractivity (Wildman–Crippen MR) is 128 cm³/mol. The second-order valence-corrected chi connectivity index (χ2v) is 8.20. The number of esters is 1. The predicted octanol–water partition coefficient (Wildman–Crippen LogP) is 3.81. The SMILES string of the molecule is Cc1ccc(NC(=O)[C@@H](OC(=O)[C@@H](C)N2C(=O)c3ccccc3C2=O)c2ccccc2)c([N+](=O)[O-])c1. The average molecular weight is 487 g/mol. The summed E-state index contributed by atoms with van der Waals surface area (Å²) in [6.45, 7) is 3.00. The van der Waals surface area contributed by atoms with Crippen LogP contribution in [0.3, 0.4) is 0 Å². The summed E-state index contributed by atoms with van der Waals surface area (Å²) in [4.78, 5) is 63.4. The largest absolute Gasteiger partial charge is 0.446 e. The van der Waals surface area contributed by atoms with Gasteiger partial charge in [0.1, 0.15) is 11.7 Å². The van der Waals surface area contributed by atoms with Crippen LogP contribution in [0.4, 0.5) is 11.4 Å². The lowest BCUT2D eigenvalue weighted by molar-refractivity contribution is -0.384. The molecule has 4 rings (SSSR count). The first-order valence-corrected chi connectivity index (χ1v) is 11.0. The van der Waals surface area contributed by atoms with Crippen molar-refractivity contribution in [1.82, 2.24) is 4.90 Å². The van der Waals surface area contributed by atoms with Gasteiger partial charge in [-0.3, -0.25) is 29.4 Å². The molecule has 0 fully saturated rings. The van der Waals surface area contributed by atoms with Gasteiger partial charge in [-0.2, -0.15) is 0 Å². The molecule has 1 aliphatic rings. The molecule has 1 heterocycles. The first-order valence-electron chi connectivity index (χ1n) is 11.0. The Morgan fingerprint density at radius 2 is 1.53 bits per heavy atom. The number of carbonyl (C=O) groups excluding carboxylic acids is 4. The standard InChI is InChI=1S/C26H21N3O7/c1-15-12-13-20(21(14-15)29(34)35)27-23(30)22(17-8-4-3-5-9-17)36-26(33)16(2)28-24(31)18-10-6-7-11-19(18)25(28)32/h3-14,16,22H,1-2H3,(H,27,30)/t16-,22+/m1/s1. The normalized spacial score (nSPS) is 14.1. The summed E-state index contributed by atoms with van der Waals surface area (Å²) < 4.78 is 5.50. The number of benzene rings is 3. The maximum Gasteiger partial charge on any atom is 0.330 e. The molecule has 3 amide bonds. The molecule has 0 aromatic heterocycles.